The third-order valence-electron chi connectivity index (χ3n) is 3.53. The lowest BCUT2D eigenvalue weighted by atomic mass is 9.93. The molecule has 1 fully saturated rings. The van der Waals surface area contributed by atoms with Crippen molar-refractivity contribution in [3.8, 4) is 0 Å². The number of hydrogen-bond acceptors (Lipinski definition) is 5. The maximum atomic E-state index is 9.91. The highest BCUT2D eigenvalue weighted by Crippen LogP contribution is 2.22. The van der Waals surface area contributed by atoms with E-state index in [-0.39, 0.29) is 5.84 Å². The van der Waals surface area contributed by atoms with Gasteiger partial charge >= 0.3 is 0 Å². The summed E-state index contributed by atoms with van der Waals surface area (Å²) < 4.78 is 0. The Bertz CT molecular complexity index is 463. The summed E-state index contributed by atoms with van der Waals surface area (Å²) in [5.74, 6) is 0.0171. The van der Waals surface area contributed by atoms with Gasteiger partial charge in [0.05, 0.1) is 5.60 Å². The number of amidine groups is 1. The molecule has 0 aromatic carbocycles. The monoisotopic (exact) mass is 264 g/mol. The lowest BCUT2D eigenvalue weighted by Gasteiger charge is -2.35. The second-order valence-corrected chi connectivity index (χ2v) is 5.31. The molecule has 6 heteroatoms. The van der Waals surface area contributed by atoms with E-state index in [9.17, 15) is 5.11 Å². The van der Waals surface area contributed by atoms with Crippen LogP contribution in [0.2, 0.25) is 0 Å². The van der Waals surface area contributed by atoms with Crippen LogP contribution in [0, 0.1) is 0 Å². The van der Waals surface area contributed by atoms with Gasteiger partial charge in [0.2, 0.25) is 0 Å². The number of aliphatic hydroxyl groups is 1. The summed E-state index contributed by atoms with van der Waals surface area (Å²) in [7, 11) is 0. The van der Waals surface area contributed by atoms with Crippen molar-refractivity contribution < 1.29 is 10.3 Å². The first-order valence-electron chi connectivity index (χ1n) is 6.38. The van der Waals surface area contributed by atoms with Gasteiger partial charge in [0.1, 0.15) is 5.69 Å². The normalized spacial score (nSPS) is 20.4. The largest absolute Gasteiger partial charge is 0.409 e. The molecule has 4 N–H and O–H groups in total. The highest BCUT2D eigenvalue weighted by atomic mass is 16.4. The maximum Gasteiger partial charge on any atom is 0.188 e. The van der Waals surface area contributed by atoms with E-state index in [1.54, 1.807) is 6.20 Å². The van der Waals surface area contributed by atoms with Crippen molar-refractivity contribution in [3.63, 3.8) is 0 Å². The lowest BCUT2D eigenvalue weighted by Crippen LogP contribution is -2.41. The number of piperidine rings is 1. The average molecular weight is 264 g/mol. The molecule has 0 bridgehead atoms. The molecule has 6 nitrogen and oxygen atoms in total. The third kappa shape index (κ3) is 3.65. The number of aromatic nitrogens is 1. The minimum Gasteiger partial charge on any atom is -0.409 e. The summed E-state index contributed by atoms with van der Waals surface area (Å²) in [4.78, 5) is 6.33. The van der Waals surface area contributed by atoms with Gasteiger partial charge in [0, 0.05) is 25.8 Å². The molecule has 1 saturated heterocycles. The molecule has 1 aliphatic rings. The molecule has 0 spiro atoms. The Morgan fingerprint density at radius 2 is 2.21 bits per heavy atom. The molecule has 1 aromatic rings. The first-order valence-corrected chi connectivity index (χ1v) is 6.38. The van der Waals surface area contributed by atoms with Gasteiger partial charge in [-0.1, -0.05) is 5.16 Å². The van der Waals surface area contributed by atoms with Gasteiger partial charge in [-0.15, -0.1) is 0 Å². The van der Waals surface area contributed by atoms with E-state index < -0.39 is 5.60 Å². The van der Waals surface area contributed by atoms with Crippen LogP contribution in [0.4, 0.5) is 0 Å². The number of nitrogens with zero attached hydrogens (tertiary/aromatic N) is 3. The molecule has 0 amide bonds. The number of likely N-dealkylation sites (tertiary alicyclic amines) is 1. The molecule has 0 aliphatic carbocycles. The standard InChI is InChI=1S/C13H20N4O2/c1-13(18)3-6-17(7-4-13)9-10-2-5-15-11(8-10)12(14)16-19/h2,5,8,18-19H,3-4,6-7,9H2,1H3,(H2,14,16). The zero-order valence-corrected chi connectivity index (χ0v) is 11.1. The van der Waals surface area contributed by atoms with Crippen molar-refractivity contribution >= 4 is 5.84 Å². The van der Waals surface area contributed by atoms with Gasteiger partial charge < -0.3 is 16.0 Å². The number of rotatable bonds is 3. The summed E-state index contributed by atoms with van der Waals surface area (Å²) in [6.45, 7) is 4.40. The maximum absolute atomic E-state index is 9.91. The van der Waals surface area contributed by atoms with Crippen molar-refractivity contribution in [2.45, 2.75) is 31.9 Å². The van der Waals surface area contributed by atoms with E-state index in [0.717, 1.165) is 38.0 Å². The lowest BCUT2D eigenvalue weighted by molar-refractivity contribution is -0.00730. The van der Waals surface area contributed by atoms with E-state index in [1.165, 1.54) is 0 Å². The topological polar surface area (TPSA) is 95.0 Å². The Hall–Kier alpha value is -1.66. The van der Waals surface area contributed by atoms with Gasteiger partial charge in [-0.05, 0) is 37.5 Å². The van der Waals surface area contributed by atoms with Gasteiger partial charge in [-0.25, -0.2) is 0 Å². The van der Waals surface area contributed by atoms with Crippen LogP contribution in [0.15, 0.2) is 23.5 Å². The molecule has 0 saturated carbocycles. The molecular weight excluding hydrogens is 244 g/mol. The minimum atomic E-state index is -0.534. The van der Waals surface area contributed by atoms with E-state index in [1.807, 2.05) is 19.1 Å². The summed E-state index contributed by atoms with van der Waals surface area (Å²) >= 11 is 0. The molecule has 2 rings (SSSR count). The van der Waals surface area contributed by atoms with Gasteiger partial charge in [0.15, 0.2) is 5.84 Å². The Labute approximate surface area is 112 Å². The predicted octanol–water partition coefficient (Wildman–Crippen LogP) is 0.523. The number of nitrogens with two attached hydrogens (primary N) is 1. The van der Waals surface area contributed by atoms with Crippen molar-refractivity contribution in [3.05, 3.63) is 29.6 Å². The van der Waals surface area contributed by atoms with Gasteiger partial charge in [0.25, 0.3) is 0 Å². The third-order valence-corrected chi connectivity index (χ3v) is 3.53. The fourth-order valence-electron chi connectivity index (χ4n) is 2.22. The van der Waals surface area contributed by atoms with Crippen LogP contribution in [0.25, 0.3) is 0 Å². The molecule has 19 heavy (non-hydrogen) atoms. The van der Waals surface area contributed by atoms with Gasteiger partial charge in [-0.2, -0.15) is 0 Å². The van der Waals surface area contributed by atoms with Crippen molar-refractivity contribution in [1.82, 2.24) is 9.88 Å². The van der Waals surface area contributed by atoms with Crippen LogP contribution in [0.5, 0.6) is 0 Å². The fourth-order valence-corrected chi connectivity index (χ4v) is 2.22. The summed E-state index contributed by atoms with van der Waals surface area (Å²) in [5, 5.41) is 21.5. The second kappa shape index (κ2) is 5.54. The van der Waals surface area contributed by atoms with Crippen LogP contribution in [0.3, 0.4) is 0 Å². The van der Waals surface area contributed by atoms with Crippen LogP contribution in [0.1, 0.15) is 31.0 Å². The van der Waals surface area contributed by atoms with Crippen molar-refractivity contribution in [1.29, 1.82) is 0 Å². The molecule has 1 aromatic heterocycles. The highest BCUT2D eigenvalue weighted by Gasteiger charge is 2.27. The molecule has 0 radical (unpaired) electrons. The van der Waals surface area contributed by atoms with Crippen LogP contribution in [-0.4, -0.2) is 44.7 Å². The zero-order valence-electron chi connectivity index (χ0n) is 11.1. The molecule has 2 heterocycles. The van der Waals surface area contributed by atoms with E-state index >= 15 is 0 Å². The zero-order chi connectivity index (χ0) is 13.9. The number of pyridine rings is 1. The van der Waals surface area contributed by atoms with Crippen molar-refractivity contribution in [2.24, 2.45) is 10.9 Å². The predicted molar refractivity (Wildman–Crippen MR) is 71.9 cm³/mol. The Morgan fingerprint density at radius 3 is 2.84 bits per heavy atom. The fraction of sp³-hybridized carbons (Fsp3) is 0.538. The second-order valence-electron chi connectivity index (χ2n) is 5.31. The van der Waals surface area contributed by atoms with Crippen LogP contribution < -0.4 is 5.73 Å². The van der Waals surface area contributed by atoms with Crippen molar-refractivity contribution in [2.75, 3.05) is 13.1 Å². The van der Waals surface area contributed by atoms with Crippen LogP contribution >= 0.6 is 0 Å². The van der Waals surface area contributed by atoms with E-state index in [2.05, 4.69) is 15.0 Å². The van der Waals surface area contributed by atoms with E-state index in [4.69, 9.17) is 10.9 Å². The molecule has 1 aliphatic heterocycles. The first-order chi connectivity index (χ1) is 9.00. The van der Waals surface area contributed by atoms with E-state index in [0.29, 0.717) is 5.69 Å². The van der Waals surface area contributed by atoms with Crippen LogP contribution in [-0.2, 0) is 6.54 Å². The molecule has 0 atom stereocenters. The number of hydrogen-bond donors (Lipinski definition) is 3. The first kappa shape index (κ1) is 13.8. The van der Waals surface area contributed by atoms with Gasteiger partial charge in [-0.3, -0.25) is 9.88 Å². The molecular formula is C13H20N4O2. The molecule has 104 valence electrons. The summed E-state index contributed by atoms with van der Waals surface area (Å²) in [6, 6.07) is 3.74. The Morgan fingerprint density at radius 1 is 1.53 bits per heavy atom. The number of oxime groups is 1. The minimum absolute atomic E-state index is 0.0171. The SMILES string of the molecule is CC1(O)CCN(Cc2ccnc(/C(N)=N/O)c2)CC1. The smallest absolute Gasteiger partial charge is 0.188 e. The highest BCUT2D eigenvalue weighted by molar-refractivity contribution is 5.95. The average Bonchev–Trinajstić information content (AvgIpc) is 2.41. The Kier molecular flexibility index (Phi) is 4.01. The molecule has 0 unspecified atom stereocenters. The Balaban J connectivity index is 2.00. The quantitative estimate of drug-likeness (QED) is 0.320. The summed E-state index contributed by atoms with van der Waals surface area (Å²) in [5.41, 5.74) is 6.53. The summed E-state index contributed by atoms with van der Waals surface area (Å²) in [6.07, 6.45) is 3.22.